The Balaban J connectivity index is 1.82. The number of hydrogen-bond acceptors (Lipinski definition) is 5. The Morgan fingerprint density at radius 3 is 2.76 bits per heavy atom. The van der Waals surface area contributed by atoms with Crippen LogP contribution in [-0.2, 0) is 4.74 Å². The highest BCUT2D eigenvalue weighted by Crippen LogP contribution is 2.26. The molecule has 0 radical (unpaired) electrons. The summed E-state index contributed by atoms with van der Waals surface area (Å²) in [5.41, 5.74) is 2.63. The number of fused-ring (bicyclic) bond motifs is 1. The van der Waals surface area contributed by atoms with Gasteiger partial charge in [-0.15, -0.1) is 0 Å². The quantitative estimate of drug-likeness (QED) is 0.659. The molecule has 0 fully saturated rings. The van der Waals surface area contributed by atoms with Crippen LogP contribution in [0.15, 0.2) is 36.8 Å². The molecular formula is C18H21N5O2. The van der Waals surface area contributed by atoms with Crippen LogP contribution in [0.5, 0.6) is 0 Å². The molecule has 0 aliphatic carbocycles. The van der Waals surface area contributed by atoms with Crippen molar-refractivity contribution in [3.8, 4) is 0 Å². The zero-order valence-corrected chi connectivity index (χ0v) is 14.7. The standard InChI is InChI=1S/C18H21N5O2/c1-11-5-6-12(9-14(11)23-17(24)25-18(2,3)4)22-16-13-7-8-19-15(13)20-10-21-16/h5-10H,1-4H3,(H,23,24)(H2,19,20,21,22). The molecule has 0 atom stereocenters. The maximum Gasteiger partial charge on any atom is 0.412 e. The minimum absolute atomic E-state index is 0.484. The van der Waals surface area contributed by atoms with Gasteiger partial charge in [-0.1, -0.05) is 6.07 Å². The lowest BCUT2D eigenvalue weighted by molar-refractivity contribution is 0.0636. The van der Waals surface area contributed by atoms with Crippen molar-refractivity contribution < 1.29 is 9.53 Å². The summed E-state index contributed by atoms with van der Waals surface area (Å²) in [7, 11) is 0. The predicted molar refractivity (Wildman–Crippen MR) is 98.2 cm³/mol. The zero-order chi connectivity index (χ0) is 18.0. The zero-order valence-electron chi connectivity index (χ0n) is 14.7. The number of anilines is 3. The Labute approximate surface area is 145 Å². The number of ether oxygens (including phenoxy) is 1. The highest BCUT2D eigenvalue weighted by Gasteiger charge is 2.17. The third-order valence-corrected chi connectivity index (χ3v) is 3.49. The van der Waals surface area contributed by atoms with Gasteiger partial charge in [0, 0.05) is 17.6 Å². The summed E-state index contributed by atoms with van der Waals surface area (Å²) in [6.45, 7) is 7.41. The van der Waals surface area contributed by atoms with E-state index in [0.29, 0.717) is 11.5 Å². The first-order valence-corrected chi connectivity index (χ1v) is 7.97. The average Bonchev–Trinajstić information content (AvgIpc) is 2.98. The fourth-order valence-corrected chi connectivity index (χ4v) is 2.36. The summed E-state index contributed by atoms with van der Waals surface area (Å²) >= 11 is 0. The molecule has 0 bridgehead atoms. The second kappa shape index (κ2) is 6.43. The summed E-state index contributed by atoms with van der Waals surface area (Å²) in [5, 5.41) is 6.94. The van der Waals surface area contributed by atoms with Crippen LogP contribution in [0.2, 0.25) is 0 Å². The first kappa shape index (κ1) is 16.8. The van der Waals surface area contributed by atoms with E-state index in [1.165, 1.54) is 6.33 Å². The fraction of sp³-hybridized carbons (Fsp3) is 0.278. The van der Waals surface area contributed by atoms with Gasteiger partial charge in [0.25, 0.3) is 0 Å². The SMILES string of the molecule is Cc1ccc(Nc2ncnc3[nH]ccc23)cc1NC(=O)OC(C)(C)C. The molecule has 3 rings (SSSR count). The number of aromatic nitrogens is 3. The van der Waals surface area contributed by atoms with E-state index < -0.39 is 11.7 Å². The summed E-state index contributed by atoms with van der Waals surface area (Å²) in [6, 6.07) is 7.60. The molecule has 0 unspecified atom stereocenters. The number of aromatic amines is 1. The molecule has 1 amide bonds. The van der Waals surface area contributed by atoms with Crippen molar-refractivity contribution in [2.24, 2.45) is 0 Å². The molecule has 0 spiro atoms. The number of hydrogen-bond donors (Lipinski definition) is 3. The number of amides is 1. The Bertz CT molecular complexity index is 911. The molecule has 3 aromatic rings. The molecule has 0 saturated heterocycles. The lowest BCUT2D eigenvalue weighted by atomic mass is 10.1. The number of rotatable bonds is 3. The van der Waals surface area contributed by atoms with Gasteiger partial charge in [0.2, 0.25) is 0 Å². The molecule has 0 saturated carbocycles. The van der Waals surface area contributed by atoms with E-state index >= 15 is 0 Å². The lowest BCUT2D eigenvalue weighted by Crippen LogP contribution is -2.27. The third kappa shape index (κ3) is 4.06. The number of H-pyrrole nitrogens is 1. The van der Waals surface area contributed by atoms with Crippen molar-refractivity contribution in [3.05, 3.63) is 42.4 Å². The highest BCUT2D eigenvalue weighted by atomic mass is 16.6. The van der Waals surface area contributed by atoms with E-state index in [4.69, 9.17) is 4.74 Å². The maximum atomic E-state index is 12.0. The minimum atomic E-state index is -0.547. The summed E-state index contributed by atoms with van der Waals surface area (Å²) in [5.74, 6) is 0.693. The minimum Gasteiger partial charge on any atom is -0.444 e. The third-order valence-electron chi connectivity index (χ3n) is 3.49. The first-order valence-electron chi connectivity index (χ1n) is 7.97. The number of carbonyl (C=O) groups is 1. The Morgan fingerprint density at radius 2 is 2.00 bits per heavy atom. The molecule has 0 aliphatic rings. The van der Waals surface area contributed by atoms with Gasteiger partial charge in [-0.25, -0.2) is 14.8 Å². The Morgan fingerprint density at radius 1 is 1.20 bits per heavy atom. The summed E-state index contributed by atoms with van der Waals surface area (Å²) < 4.78 is 5.31. The summed E-state index contributed by atoms with van der Waals surface area (Å²) in [4.78, 5) is 23.5. The van der Waals surface area contributed by atoms with Crippen LogP contribution < -0.4 is 10.6 Å². The molecule has 7 nitrogen and oxygen atoms in total. The molecule has 3 N–H and O–H groups in total. The van der Waals surface area contributed by atoms with Crippen LogP contribution in [0.4, 0.5) is 22.0 Å². The average molecular weight is 339 g/mol. The van der Waals surface area contributed by atoms with Gasteiger partial charge < -0.3 is 15.0 Å². The van der Waals surface area contributed by atoms with Gasteiger partial charge in [0.1, 0.15) is 23.4 Å². The van der Waals surface area contributed by atoms with Crippen molar-refractivity contribution in [1.29, 1.82) is 0 Å². The maximum absolute atomic E-state index is 12.0. The Hall–Kier alpha value is -3.09. The number of carbonyl (C=O) groups excluding carboxylic acids is 1. The lowest BCUT2D eigenvalue weighted by Gasteiger charge is -2.20. The molecule has 25 heavy (non-hydrogen) atoms. The molecular weight excluding hydrogens is 318 g/mol. The van der Waals surface area contributed by atoms with E-state index in [0.717, 1.165) is 22.3 Å². The van der Waals surface area contributed by atoms with Crippen LogP contribution >= 0.6 is 0 Å². The number of nitrogens with zero attached hydrogens (tertiary/aromatic N) is 2. The van der Waals surface area contributed by atoms with Crippen molar-refractivity contribution in [2.75, 3.05) is 10.6 Å². The molecule has 7 heteroatoms. The van der Waals surface area contributed by atoms with Gasteiger partial charge in [0.05, 0.1) is 5.39 Å². The van der Waals surface area contributed by atoms with E-state index in [9.17, 15) is 4.79 Å². The smallest absolute Gasteiger partial charge is 0.412 e. The molecule has 2 aromatic heterocycles. The van der Waals surface area contributed by atoms with E-state index in [-0.39, 0.29) is 0 Å². The topological polar surface area (TPSA) is 91.9 Å². The van der Waals surface area contributed by atoms with Crippen molar-refractivity contribution in [3.63, 3.8) is 0 Å². The predicted octanol–water partition coefficient (Wildman–Crippen LogP) is 4.36. The Kier molecular flexibility index (Phi) is 4.31. The van der Waals surface area contributed by atoms with E-state index in [2.05, 4.69) is 25.6 Å². The van der Waals surface area contributed by atoms with Crippen LogP contribution in [0.25, 0.3) is 11.0 Å². The normalized spacial score (nSPS) is 11.4. The van der Waals surface area contributed by atoms with Crippen LogP contribution in [-0.4, -0.2) is 26.6 Å². The number of benzene rings is 1. The number of aryl methyl sites for hydroxylation is 1. The van der Waals surface area contributed by atoms with E-state index in [1.807, 2.05) is 58.2 Å². The van der Waals surface area contributed by atoms with Crippen molar-refractivity contribution in [2.45, 2.75) is 33.3 Å². The second-order valence-corrected chi connectivity index (χ2v) is 6.74. The number of nitrogens with one attached hydrogen (secondary N) is 3. The molecule has 0 aliphatic heterocycles. The van der Waals surface area contributed by atoms with Crippen LogP contribution in [0.1, 0.15) is 26.3 Å². The molecule has 1 aromatic carbocycles. The van der Waals surface area contributed by atoms with Gasteiger partial charge in [0.15, 0.2) is 0 Å². The second-order valence-electron chi connectivity index (χ2n) is 6.74. The van der Waals surface area contributed by atoms with E-state index in [1.54, 1.807) is 0 Å². The van der Waals surface area contributed by atoms with Crippen molar-refractivity contribution in [1.82, 2.24) is 15.0 Å². The van der Waals surface area contributed by atoms with Gasteiger partial charge in [-0.2, -0.15) is 0 Å². The first-order chi connectivity index (χ1) is 11.8. The molecule has 130 valence electrons. The summed E-state index contributed by atoms with van der Waals surface area (Å²) in [6.07, 6.45) is 2.83. The van der Waals surface area contributed by atoms with Crippen molar-refractivity contribution >= 4 is 34.3 Å². The monoisotopic (exact) mass is 339 g/mol. The van der Waals surface area contributed by atoms with Gasteiger partial charge in [-0.05, 0) is 51.5 Å². The van der Waals surface area contributed by atoms with Crippen LogP contribution in [0.3, 0.4) is 0 Å². The largest absolute Gasteiger partial charge is 0.444 e. The van der Waals surface area contributed by atoms with Gasteiger partial charge in [-0.3, -0.25) is 5.32 Å². The molecule has 2 heterocycles. The van der Waals surface area contributed by atoms with Crippen LogP contribution in [0, 0.1) is 6.92 Å². The van der Waals surface area contributed by atoms with Gasteiger partial charge >= 0.3 is 6.09 Å². The highest BCUT2D eigenvalue weighted by molar-refractivity contribution is 5.90. The fourth-order valence-electron chi connectivity index (χ4n) is 2.36.